The zero-order valence-corrected chi connectivity index (χ0v) is 19.2. The number of piperidine rings is 1. The second-order valence-electron chi connectivity index (χ2n) is 8.05. The van der Waals surface area contributed by atoms with Crippen LogP contribution < -0.4 is 10.1 Å². The first-order valence-electron chi connectivity index (χ1n) is 11.2. The summed E-state index contributed by atoms with van der Waals surface area (Å²) in [6.45, 7) is 1.31. The highest BCUT2D eigenvalue weighted by Crippen LogP contribution is 2.23. The van der Waals surface area contributed by atoms with E-state index < -0.39 is 16.1 Å². The third-order valence-corrected chi connectivity index (χ3v) is 7.55. The van der Waals surface area contributed by atoms with Crippen LogP contribution in [0.15, 0.2) is 89.8 Å². The molecule has 6 nitrogen and oxygen atoms in total. The predicted molar refractivity (Wildman–Crippen MR) is 127 cm³/mol. The normalized spacial score (nSPS) is 15.5. The summed E-state index contributed by atoms with van der Waals surface area (Å²) >= 11 is 0. The van der Waals surface area contributed by atoms with Gasteiger partial charge in [0.2, 0.25) is 16.1 Å². The molecule has 1 amide bonds. The van der Waals surface area contributed by atoms with Crippen LogP contribution in [0.25, 0.3) is 0 Å². The topological polar surface area (TPSA) is 75.7 Å². The van der Waals surface area contributed by atoms with Gasteiger partial charge in [-0.25, -0.2) is 8.42 Å². The molecule has 1 atom stereocenters. The van der Waals surface area contributed by atoms with Crippen LogP contribution in [-0.2, 0) is 21.4 Å². The molecule has 1 unspecified atom stereocenters. The number of amides is 1. The summed E-state index contributed by atoms with van der Waals surface area (Å²) in [7, 11) is -3.53. The molecule has 1 N–H and O–H groups in total. The van der Waals surface area contributed by atoms with Crippen LogP contribution in [0.2, 0.25) is 0 Å². The summed E-state index contributed by atoms with van der Waals surface area (Å²) in [5.41, 5.74) is 1.45. The van der Waals surface area contributed by atoms with Crippen molar-refractivity contribution in [1.29, 1.82) is 0 Å². The van der Waals surface area contributed by atoms with Crippen LogP contribution in [0.3, 0.4) is 0 Å². The average molecular weight is 465 g/mol. The number of ether oxygens (including phenoxy) is 1. The Morgan fingerprint density at radius 3 is 2.24 bits per heavy atom. The van der Waals surface area contributed by atoms with Gasteiger partial charge in [0.25, 0.3) is 5.91 Å². The van der Waals surface area contributed by atoms with Crippen LogP contribution in [0.1, 0.15) is 36.5 Å². The molecule has 1 saturated heterocycles. The Bertz CT molecular complexity index is 1160. The van der Waals surface area contributed by atoms with Crippen molar-refractivity contribution in [3.8, 4) is 5.75 Å². The minimum absolute atomic E-state index is 0.198. The summed E-state index contributed by atoms with van der Waals surface area (Å²) in [5, 5.41) is 2.90. The minimum atomic E-state index is -3.53. The van der Waals surface area contributed by atoms with Crippen LogP contribution in [0.5, 0.6) is 5.75 Å². The summed E-state index contributed by atoms with van der Waals surface area (Å²) in [4.78, 5) is 13.3. The van der Waals surface area contributed by atoms with Crippen LogP contribution in [-0.4, -0.2) is 31.7 Å². The highest BCUT2D eigenvalue weighted by Gasteiger charge is 2.26. The van der Waals surface area contributed by atoms with Crippen LogP contribution in [0.4, 0.5) is 0 Å². The largest absolute Gasteiger partial charge is 0.476 e. The third kappa shape index (κ3) is 5.80. The lowest BCUT2D eigenvalue weighted by Gasteiger charge is -2.26. The number of hydrogen-bond acceptors (Lipinski definition) is 4. The lowest BCUT2D eigenvalue weighted by molar-refractivity contribution is -0.128. The molecule has 1 aliphatic rings. The number of sulfonamides is 1. The van der Waals surface area contributed by atoms with E-state index in [-0.39, 0.29) is 17.3 Å². The van der Waals surface area contributed by atoms with Crippen LogP contribution >= 0.6 is 0 Å². The number of rotatable bonds is 8. The Morgan fingerprint density at radius 1 is 0.879 bits per heavy atom. The van der Waals surface area contributed by atoms with Crippen molar-refractivity contribution in [1.82, 2.24) is 9.62 Å². The van der Waals surface area contributed by atoms with Gasteiger partial charge in [-0.15, -0.1) is 0 Å². The molecular weight excluding hydrogens is 436 g/mol. The van der Waals surface area contributed by atoms with Gasteiger partial charge in [0, 0.05) is 25.2 Å². The van der Waals surface area contributed by atoms with Gasteiger partial charge in [-0.1, -0.05) is 67.1 Å². The van der Waals surface area contributed by atoms with E-state index in [1.54, 1.807) is 34.6 Å². The minimum Gasteiger partial charge on any atom is -0.476 e. The number of benzene rings is 3. The smallest absolute Gasteiger partial charge is 0.266 e. The van der Waals surface area contributed by atoms with Gasteiger partial charge in [0.15, 0.2) is 0 Å². The summed E-state index contributed by atoms with van der Waals surface area (Å²) in [6.07, 6.45) is 2.01. The Kier molecular flexibility index (Phi) is 7.42. The van der Waals surface area contributed by atoms with Crippen molar-refractivity contribution in [2.75, 3.05) is 13.1 Å². The summed E-state index contributed by atoms with van der Waals surface area (Å²) in [6, 6.07) is 25.3. The average Bonchev–Trinajstić information content (AvgIpc) is 2.87. The molecule has 0 spiro atoms. The predicted octanol–water partition coefficient (Wildman–Crippen LogP) is 4.30. The van der Waals surface area contributed by atoms with E-state index in [9.17, 15) is 13.2 Å². The van der Waals surface area contributed by atoms with E-state index in [1.807, 2.05) is 54.6 Å². The fraction of sp³-hybridized carbons (Fsp3) is 0.269. The molecule has 3 aromatic rings. The van der Waals surface area contributed by atoms with Crippen molar-refractivity contribution in [3.63, 3.8) is 0 Å². The molecule has 1 aliphatic heterocycles. The molecular formula is C26H28N2O4S. The van der Waals surface area contributed by atoms with E-state index in [0.717, 1.165) is 24.8 Å². The molecule has 7 heteroatoms. The van der Waals surface area contributed by atoms with Gasteiger partial charge in [0.1, 0.15) is 5.75 Å². The van der Waals surface area contributed by atoms with Crippen molar-refractivity contribution in [2.45, 2.75) is 36.8 Å². The Labute approximate surface area is 195 Å². The molecule has 0 radical (unpaired) electrons. The molecule has 0 aliphatic carbocycles. The van der Waals surface area contributed by atoms with E-state index in [4.69, 9.17) is 4.74 Å². The molecule has 0 bridgehead atoms. The molecule has 3 aromatic carbocycles. The van der Waals surface area contributed by atoms with E-state index in [2.05, 4.69) is 5.32 Å². The van der Waals surface area contributed by atoms with Gasteiger partial charge in [0.05, 0.1) is 4.90 Å². The zero-order valence-electron chi connectivity index (χ0n) is 18.4. The van der Waals surface area contributed by atoms with Gasteiger partial charge in [-0.2, -0.15) is 4.31 Å². The number of hydrogen-bond donors (Lipinski definition) is 1. The second kappa shape index (κ2) is 10.6. The quantitative estimate of drug-likeness (QED) is 0.539. The maximum absolute atomic E-state index is 13.1. The van der Waals surface area contributed by atoms with Crippen molar-refractivity contribution >= 4 is 15.9 Å². The molecule has 0 saturated carbocycles. The first kappa shape index (κ1) is 23.0. The highest BCUT2D eigenvalue weighted by molar-refractivity contribution is 7.89. The molecule has 172 valence electrons. The standard InChI is InChI=1S/C26H28N2O4S/c29-26(25(22-12-4-1-5-13-22)32-23-14-6-2-7-15-23)27-20-21-11-10-16-24(19-21)33(30,31)28-17-8-3-9-18-28/h1-2,4-7,10-16,19,25H,3,8-9,17-18,20H2,(H,27,29). The van der Waals surface area contributed by atoms with E-state index in [0.29, 0.717) is 24.4 Å². The zero-order chi connectivity index (χ0) is 23.1. The number of nitrogens with zero attached hydrogens (tertiary/aromatic N) is 1. The van der Waals surface area contributed by atoms with E-state index >= 15 is 0 Å². The van der Waals surface area contributed by atoms with Crippen molar-refractivity contribution in [2.24, 2.45) is 0 Å². The highest BCUT2D eigenvalue weighted by atomic mass is 32.2. The molecule has 1 heterocycles. The lowest BCUT2D eigenvalue weighted by Crippen LogP contribution is -2.35. The van der Waals surface area contributed by atoms with E-state index in [1.165, 1.54) is 0 Å². The molecule has 33 heavy (non-hydrogen) atoms. The fourth-order valence-corrected chi connectivity index (χ4v) is 5.48. The molecule has 4 rings (SSSR count). The van der Waals surface area contributed by atoms with Crippen molar-refractivity contribution < 1.29 is 17.9 Å². The lowest BCUT2D eigenvalue weighted by atomic mass is 10.1. The maximum Gasteiger partial charge on any atom is 0.266 e. The number of carbonyl (C=O) groups is 1. The Hall–Kier alpha value is -3.16. The summed E-state index contributed by atoms with van der Waals surface area (Å²) < 4.78 is 33.5. The monoisotopic (exact) mass is 464 g/mol. The first-order chi connectivity index (χ1) is 16.0. The fourth-order valence-electron chi connectivity index (χ4n) is 3.89. The summed E-state index contributed by atoms with van der Waals surface area (Å²) in [5.74, 6) is 0.297. The van der Waals surface area contributed by atoms with Gasteiger partial charge in [-0.05, 0) is 42.7 Å². The Morgan fingerprint density at radius 2 is 1.55 bits per heavy atom. The molecule has 0 aromatic heterocycles. The number of para-hydroxylation sites is 1. The molecule has 1 fully saturated rings. The SMILES string of the molecule is O=C(NCc1cccc(S(=O)(=O)N2CCCCC2)c1)C(Oc1ccccc1)c1ccccc1. The maximum atomic E-state index is 13.1. The third-order valence-electron chi connectivity index (χ3n) is 5.66. The van der Waals surface area contributed by atoms with Gasteiger partial charge < -0.3 is 10.1 Å². The first-order valence-corrected chi connectivity index (χ1v) is 12.6. The number of carbonyl (C=O) groups excluding carboxylic acids is 1. The van der Waals surface area contributed by atoms with Gasteiger partial charge in [-0.3, -0.25) is 4.79 Å². The Balaban J connectivity index is 1.48. The van der Waals surface area contributed by atoms with Crippen LogP contribution in [0, 0.1) is 0 Å². The van der Waals surface area contributed by atoms with Gasteiger partial charge >= 0.3 is 0 Å². The van der Waals surface area contributed by atoms with Crippen molar-refractivity contribution in [3.05, 3.63) is 96.1 Å². The number of nitrogens with one attached hydrogen (secondary N) is 1. The second-order valence-corrected chi connectivity index (χ2v) is 9.99.